The Morgan fingerprint density at radius 3 is 2.48 bits per heavy atom. The molecular weight excluding hydrogens is 462 g/mol. The molecule has 0 unspecified atom stereocenters. The largest absolute Gasteiger partial charge is 0.337 e. The number of rotatable bonds is 6. The van der Waals surface area contributed by atoms with E-state index in [0.29, 0.717) is 28.6 Å². The molecule has 0 saturated heterocycles. The second kappa shape index (κ2) is 8.84. The minimum absolute atomic E-state index is 0.00430. The Bertz CT molecular complexity index is 1460. The lowest BCUT2D eigenvalue weighted by molar-refractivity contribution is 0.101. The van der Waals surface area contributed by atoms with Gasteiger partial charge < -0.3 is 9.88 Å². The van der Waals surface area contributed by atoms with Crippen molar-refractivity contribution in [1.82, 2.24) is 14.5 Å². The average molecular weight is 484 g/mol. The highest BCUT2D eigenvalue weighted by molar-refractivity contribution is 7.92. The Morgan fingerprint density at radius 2 is 1.82 bits per heavy atom. The lowest BCUT2D eigenvalue weighted by Gasteiger charge is -2.11. The lowest BCUT2D eigenvalue weighted by Crippen LogP contribution is -2.18. The highest BCUT2D eigenvalue weighted by Gasteiger charge is 2.21. The van der Waals surface area contributed by atoms with Gasteiger partial charge >= 0.3 is 0 Å². The molecule has 10 heteroatoms. The molecular formula is C23H22ClN5O3S. The highest BCUT2D eigenvalue weighted by atomic mass is 35.5. The summed E-state index contributed by atoms with van der Waals surface area (Å²) in [6, 6.07) is 13.1. The molecule has 0 aliphatic heterocycles. The fourth-order valence-electron chi connectivity index (χ4n) is 3.70. The molecule has 8 nitrogen and oxygen atoms in total. The van der Waals surface area contributed by atoms with E-state index in [1.54, 1.807) is 19.1 Å². The SMILES string of the molecule is CCn1c(C(=O)Nc2ccc(S(=O)(=O)Nc3nccc(C)n3)cc2)c(C)c2cc(Cl)ccc21. The number of halogens is 1. The Labute approximate surface area is 196 Å². The molecule has 0 fully saturated rings. The van der Waals surface area contributed by atoms with Gasteiger partial charge in [0, 0.05) is 40.0 Å². The number of carbonyl (C=O) groups excluding carboxylic acids is 1. The van der Waals surface area contributed by atoms with Crippen molar-refractivity contribution in [2.45, 2.75) is 32.2 Å². The van der Waals surface area contributed by atoms with Crippen molar-refractivity contribution in [3.63, 3.8) is 0 Å². The molecule has 0 atom stereocenters. The van der Waals surface area contributed by atoms with E-state index < -0.39 is 10.0 Å². The number of hydrogen-bond acceptors (Lipinski definition) is 5. The van der Waals surface area contributed by atoms with Gasteiger partial charge in [-0.2, -0.15) is 0 Å². The van der Waals surface area contributed by atoms with Crippen LogP contribution in [0.4, 0.5) is 11.6 Å². The molecule has 2 heterocycles. The summed E-state index contributed by atoms with van der Waals surface area (Å²) in [5, 5.41) is 4.37. The Hall–Kier alpha value is -3.43. The molecule has 0 bridgehead atoms. The zero-order valence-corrected chi connectivity index (χ0v) is 19.8. The van der Waals surface area contributed by atoms with Crippen molar-refractivity contribution < 1.29 is 13.2 Å². The van der Waals surface area contributed by atoms with E-state index in [4.69, 9.17) is 11.6 Å². The third-order valence-electron chi connectivity index (χ3n) is 5.25. The first-order valence-corrected chi connectivity index (χ1v) is 12.1. The molecule has 4 aromatic rings. The first-order valence-electron chi connectivity index (χ1n) is 10.2. The maximum Gasteiger partial charge on any atom is 0.272 e. The van der Waals surface area contributed by atoms with Crippen molar-refractivity contribution in [2.75, 3.05) is 10.0 Å². The van der Waals surface area contributed by atoms with Gasteiger partial charge in [0.25, 0.3) is 15.9 Å². The second-order valence-electron chi connectivity index (χ2n) is 7.48. The van der Waals surface area contributed by atoms with Crippen LogP contribution in [0.2, 0.25) is 5.02 Å². The van der Waals surface area contributed by atoms with Gasteiger partial charge in [0.05, 0.1) is 4.90 Å². The topological polar surface area (TPSA) is 106 Å². The Kier molecular flexibility index (Phi) is 6.09. The minimum atomic E-state index is -3.87. The monoisotopic (exact) mass is 483 g/mol. The Morgan fingerprint density at radius 1 is 1.09 bits per heavy atom. The van der Waals surface area contributed by atoms with Gasteiger partial charge in [-0.25, -0.2) is 23.1 Å². The molecule has 2 N–H and O–H groups in total. The van der Waals surface area contributed by atoms with E-state index in [9.17, 15) is 13.2 Å². The van der Waals surface area contributed by atoms with Gasteiger partial charge in [-0.15, -0.1) is 0 Å². The third kappa shape index (κ3) is 4.55. The van der Waals surface area contributed by atoms with E-state index in [2.05, 4.69) is 20.0 Å². The number of benzene rings is 2. The maximum atomic E-state index is 13.1. The molecule has 33 heavy (non-hydrogen) atoms. The van der Waals surface area contributed by atoms with Crippen molar-refractivity contribution in [1.29, 1.82) is 0 Å². The third-order valence-corrected chi connectivity index (χ3v) is 6.83. The van der Waals surface area contributed by atoms with E-state index in [1.165, 1.54) is 30.5 Å². The van der Waals surface area contributed by atoms with Gasteiger partial charge in [0.2, 0.25) is 5.95 Å². The number of nitrogens with zero attached hydrogens (tertiary/aromatic N) is 3. The first-order chi connectivity index (χ1) is 15.7. The summed E-state index contributed by atoms with van der Waals surface area (Å²) in [5.41, 5.74) is 3.40. The standard InChI is InChI=1S/C23H22ClN5O3S/c1-4-29-20-10-5-16(24)13-19(20)15(3)21(29)22(30)27-17-6-8-18(9-7-17)33(31,32)28-23-25-12-11-14(2)26-23/h5-13H,4H2,1-3H3,(H,27,30)(H,25,26,28). The van der Waals surface area contributed by atoms with Crippen LogP contribution in [0.3, 0.4) is 0 Å². The van der Waals surface area contributed by atoms with E-state index in [1.807, 2.05) is 30.5 Å². The fourth-order valence-corrected chi connectivity index (χ4v) is 4.82. The quantitative estimate of drug-likeness (QED) is 0.410. The number of fused-ring (bicyclic) bond motifs is 1. The maximum absolute atomic E-state index is 13.1. The molecule has 2 aromatic heterocycles. The van der Waals surface area contributed by atoms with Crippen molar-refractivity contribution in [2.24, 2.45) is 0 Å². The van der Waals surface area contributed by atoms with E-state index in [0.717, 1.165) is 16.5 Å². The van der Waals surface area contributed by atoms with Gasteiger partial charge in [0.1, 0.15) is 5.69 Å². The van der Waals surface area contributed by atoms with E-state index >= 15 is 0 Å². The van der Waals surface area contributed by atoms with Crippen LogP contribution >= 0.6 is 11.6 Å². The van der Waals surface area contributed by atoms with Gasteiger partial charge in [-0.3, -0.25) is 4.79 Å². The summed E-state index contributed by atoms with van der Waals surface area (Å²) < 4.78 is 29.5. The number of sulfonamides is 1. The highest BCUT2D eigenvalue weighted by Crippen LogP contribution is 2.29. The van der Waals surface area contributed by atoms with Gasteiger partial charge in [0.15, 0.2) is 0 Å². The summed E-state index contributed by atoms with van der Waals surface area (Å²) >= 11 is 6.14. The van der Waals surface area contributed by atoms with Crippen LogP contribution in [0, 0.1) is 13.8 Å². The number of aromatic nitrogens is 3. The predicted octanol–water partition coefficient (Wildman–Crippen LogP) is 4.77. The van der Waals surface area contributed by atoms with Crippen LogP contribution in [0.15, 0.2) is 59.6 Å². The smallest absolute Gasteiger partial charge is 0.272 e. The fraction of sp³-hybridized carbons (Fsp3) is 0.174. The van der Waals surface area contributed by atoms with Gasteiger partial charge in [-0.05, 0) is 74.9 Å². The summed E-state index contributed by atoms with van der Waals surface area (Å²) in [6.07, 6.45) is 1.48. The molecule has 2 aromatic carbocycles. The molecule has 0 radical (unpaired) electrons. The van der Waals surface area contributed by atoms with Crippen LogP contribution in [-0.4, -0.2) is 28.9 Å². The number of amides is 1. The lowest BCUT2D eigenvalue weighted by atomic mass is 10.1. The van der Waals surface area contributed by atoms with E-state index in [-0.39, 0.29) is 16.8 Å². The number of hydrogen-bond donors (Lipinski definition) is 2. The number of anilines is 2. The molecule has 1 amide bonds. The molecule has 4 rings (SSSR count). The van der Waals surface area contributed by atoms with Crippen LogP contribution in [0.1, 0.15) is 28.7 Å². The summed E-state index contributed by atoms with van der Waals surface area (Å²) in [6.45, 7) is 6.20. The van der Waals surface area contributed by atoms with Crippen molar-refractivity contribution >= 4 is 50.1 Å². The van der Waals surface area contributed by atoms with Crippen LogP contribution < -0.4 is 10.0 Å². The van der Waals surface area contributed by atoms with Crippen LogP contribution in [-0.2, 0) is 16.6 Å². The number of nitrogens with one attached hydrogen (secondary N) is 2. The zero-order valence-electron chi connectivity index (χ0n) is 18.3. The first kappa shape index (κ1) is 22.8. The van der Waals surface area contributed by atoms with Crippen molar-refractivity contribution in [3.05, 3.63) is 76.7 Å². The summed E-state index contributed by atoms with van der Waals surface area (Å²) in [4.78, 5) is 21.1. The van der Waals surface area contributed by atoms with Crippen molar-refractivity contribution in [3.8, 4) is 0 Å². The van der Waals surface area contributed by atoms with Gasteiger partial charge in [-0.1, -0.05) is 11.6 Å². The van der Waals surface area contributed by atoms with Crippen LogP contribution in [0.25, 0.3) is 10.9 Å². The molecule has 170 valence electrons. The summed E-state index contributed by atoms with van der Waals surface area (Å²) in [7, 11) is -3.87. The normalized spacial score (nSPS) is 11.5. The zero-order chi connectivity index (χ0) is 23.8. The molecule has 0 aliphatic carbocycles. The summed E-state index contributed by atoms with van der Waals surface area (Å²) in [5.74, 6) is -0.293. The predicted molar refractivity (Wildman–Crippen MR) is 129 cm³/mol. The Balaban J connectivity index is 1.57. The molecule has 0 saturated carbocycles. The number of carbonyl (C=O) groups is 1. The molecule has 0 spiro atoms. The number of aryl methyl sites for hydroxylation is 3. The average Bonchev–Trinajstić information content (AvgIpc) is 3.05. The second-order valence-corrected chi connectivity index (χ2v) is 9.60. The van der Waals surface area contributed by atoms with Crippen LogP contribution in [0.5, 0.6) is 0 Å². The molecule has 0 aliphatic rings. The minimum Gasteiger partial charge on any atom is -0.337 e.